The van der Waals surface area contributed by atoms with Crippen LogP contribution in [0.5, 0.6) is 0 Å². The Kier molecular flexibility index (Phi) is 28.9. The van der Waals surface area contributed by atoms with Crippen molar-refractivity contribution in [3.63, 3.8) is 0 Å². The zero-order chi connectivity index (χ0) is 31.8. The standard InChI is InChI=1S/C26H44N4O8.C4H11N/c27-10-5-4-8-23(28)26(33)30-20-24(31)29-11-13-35-15-17-37-19-18-36-16-14-34-12-9-25(32)38-21-22-6-2-1-3-7-22;1-2-3-4-5/h1-3,6-7,23H,4-5,8-21,27-28H2,(H,29,31)(H,30,33);2-5H2,1H3. The molecule has 0 bridgehead atoms. The molecular formula is C30H55N5O8. The Labute approximate surface area is 256 Å². The van der Waals surface area contributed by atoms with Gasteiger partial charge < -0.3 is 51.5 Å². The summed E-state index contributed by atoms with van der Waals surface area (Å²) in [6.07, 6.45) is 4.71. The van der Waals surface area contributed by atoms with E-state index < -0.39 is 6.04 Å². The highest BCUT2D eigenvalue weighted by molar-refractivity contribution is 5.87. The van der Waals surface area contributed by atoms with Gasteiger partial charge in [0.1, 0.15) is 6.61 Å². The van der Waals surface area contributed by atoms with Crippen LogP contribution in [0, 0.1) is 0 Å². The van der Waals surface area contributed by atoms with Crippen molar-refractivity contribution in [2.45, 2.75) is 58.1 Å². The van der Waals surface area contributed by atoms with Crippen LogP contribution in [0.1, 0.15) is 51.0 Å². The van der Waals surface area contributed by atoms with Crippen molar-refractivity contribution in [2.75, 3.05) is 79.0 Å². The summed E-state index contributed by atoms with van der Waals surface area (Å²) in [5.41, 5.74) is 17.3. The average molecular weight is 614 g/mol. The van der Waals surface area contributed by atoms with Crippen molar-refractivity contribution in [1.82, 2.24) is 10.6 Å². The Balaban J connectivity index is 0.00000324. The van der Waals surface area contributed by atoms with Crippen LogP contribution in [0.3, 0.4) is 0 Å². The lowest BCUT2D eigenvalue weighted by Crippen LogP contribution is -2.45. The number of hydrogen-bond donors (Lipinski definition) is 5. The normalized spacial score (nSPS) is 11.3. The molecule has 0 aliphatic carbocycles. The molecule has 0 aliphatic heterocycles. The largest absolute Gasteiger partial charge is 0.461 e. The monoisotopic (exact) mass is 613 g/mol. The van der Waals surface area contributed by atoms with Crippen LogP contribution in [0.25, 0.3) is 0 Å². The van der Waals surface area contributed by atoms with Crippen molar-refractivity contribution in [3.05, 3.63) is 35.9 Å². The number of hydrogen-bond acceptors (Lipinski definition) is 11. The highest BCUT2D eigenvalue weighted by atomic mass is 16.6. The van der Waals surface area contributed by atoms with Crippen LogP contribution in [0.2, 0.25) is 0 Å². The number of rotatable bonds is 26. The Morgan fingerprint density at radius 2 is 1.35 bits per heavy atom. The minimum atomic E-state index is -0.635. The minimum Gasteiger partial charge on any atom is -0.461 e. The van der Waals surface area contributed by atoms with Crippen molar-refractivity contribution < 1.29 is 38.1 Å². The first-order valence-corrected chi connectivity index (χ1v) is 15.1. The zero-order valence-electron chi connectivity index (χ0n) is 25.9. The number of carbonyl (C=O) groups is 3. The third-order valence-electron chi connectivity index (χ3n) is 5.66. The molecule has 1 unspecified atom stereocenters. The van der Waals surface area contributed by atoms with E-state index in [1.807, 2.05) is 30.3 Å². The van der Waals surface area contributed by atoms with Gasteiger partial charge in [0.05, 0.1) is 71.9 Å². The summed E-state index contributed by atoms with van der Waals surface area (Å²) in [4.78, 5) is 35.2. The van der Waals surface area contributed by atoms with E-state index in [0.29, 0.717) is 65.8 Å². The fourth-order valence-corrected chi connectivity index (χ4v) is 3.19. The number of benzene rings is 1. The first kappa shape index (κ1) is 40.4. The van der Waals surface area contributed by atoms with Crippen LogP contribution < -0.4 is 27.8 Å². The maximum Gasteiger partial charge on any atom is 0.308 e. The second-order valence-corrected chi connectivity index (χ2v) is 9.45. The quantitative estimate of drug-likeness (QED) is 0.0725. The molecule has 0 saturated heterocycles. The van der Waals surface area contributed by atoms with Gasteiger partial charge in [0.2, 0.25) is 11.8 Å². The molecule has 0 heterocycles. The van der Waals surface area contributed by atoms with Gasteiger partial charge >= 0.3 is 5.97 Å². The smallest absolute Gasteiger partial charge is 0.308 e. The van der Waals surface area contributed by atoms with Gasteiger partial charge in [0.25, 0.3) is 0 Å². The van der Waals surface area contributed by atoms with Gasteiger partial charge in [0.15, 0.2) is 0 Å². The lowest BCUT2D eigenvalue weighted by molar-refractivity contribution is -0.146. The lowest BCUT2D eigenvalue weighted by atomic mass is 10.1. The molecule has 0 spiro atoms. The molecule has 0 aromatic heterocycles. The fourth-order valence-electron chi connectivity index (χ4n) is 3.19. The van der Waals surface area contributed by atoms with Crippen molar-refractivity contribution in [2.24, 2.45) is 17.2 Å². The highest BCUT2D eigenvalue weighted by Crippen LogP contribution is 2.02. The molecule has 43 heavy (non-hydrogen) atoms. The number of nitrogens with two attached hydrogens (primary N) is 3. The Bertz CT molecular complexity index is 802. The van der Waals surface area contributed by atoms with Gasteiger partial charge in [-0.3, -0.25) is 14.4 Å². The second-order valence-electron chi connectivity index (χ2n) is 9.45. The molecule has 0 aliphatic rings. The first-order valence-electron chi connectivity index (χ1n) is 15.1. The van der Waals surface area contributed by atoms with Crippen LogP contribution in [-0.2, 0) is 44.7 Å². The predicted octanol–water partition coefficient (Wildman–Crippen LogP) is 0.620. The van der Waals surface area contributed by atoms with E-state index in [2.05, 4.69) is 17.6 Å². The van der Waals surface area contributed by atoms with Crippen molar-refractivity contribution >= 4 is 17.8 Å². The van der Waals surface area contributed by atoms with Crippen LogP contribution >= 0.6 is 0 Å². The van der Waals surface area contributed by atoms with E-state index in [1.54, 1.807) is 0 Å². The molecular weight excluding hydrogens is 558 g/mol. The molecule has 248 valence electrons. The van der Waals surface area contributed by atoms with Crippen molar-refractivity contribution in [3.8, 4) is 0 Å². The first-order chi connectivity index (χ1) is 20.9. The molecule has 0 radical (unpaired) electrons. The van der Waals surface area contributed by atoms with E-state index in [4.69, 9.17) is 40.9 Å². The van der Waals surface area contributed by atoms with Gasteiger partial charge in [0, 0.05) is 6.54 Å². The second kappa shape index (κ2) is 30.8. The molecule has 2 amide bonds. The summed E-state index contributed by atoms with van der Waals surface area (Å²) in [6, 6.07) is 8.87. The number of nitrogens with one attached hydrogen (secondary N) is 2. The molecule has 13 nitrogen and oxygen atoms in total. The minimum absolute atomic E-state index is 0.126. The molecule has 1 atom stereocenters. The summed E-state index contributed by atoms with van der Waals surface area (Å²) >= 11 is 0. The molecule has 1 aromatic rings. The molecule has 0 saturated carbocycles. The Morgan fingerprint density at radius 3 is 1.91 bits per heavy atom. The fraction of sp³-hybridized carbons (Fsp3) is 0.700. The topological polar surface area (TPSA) is 199 Å². The maximum absolute atomic E-state index is 11.8. The van der Waals surface area contributed by atoms with Gasteiger partial charge in [-0.05, 0) is 37.9 Å². The third-order valence-corrected chi connectivity index (χ3v) is 5.66. The molecule has 1 rings (SSSR count). The average Bonchev–Trinajstić information content (AvgIpc) is 3.02. The highest BCUT2D eigenvalue weighted by Gasteiger charge is 2.13. The van der Waals surface area contributed by atoms with Crippen LogP contribution in [-0.4, -0.2) is 103 Å². The summed E-state index contributed by atoms with van der Waals surface area (Å²) in [5, 5.41) is 5.17. The summed E-state index contributed by atoms with van der Waals surface area (Å²) in [6.45, 7) is 7.01. The summed E-state index contributed by atoms with van der Waals surface area (Å²) in [7, 11) is 0. The summed E-state index contributed by atoms with van der Waals surface area (Å²) in [5.74, 6) is -0.956. The molecule has 8 N–H and O–H groups in total. The van der Waals surface area contributed by atoms with Gasteiger partial charge in [-0.1, -0.05) is 50.1 Å². The summed E-state index contributed by atoms with van der Waals surface area (Å²) < 4.78 is 26.7. The number of unbranched alkanes of at least 4 members (excludes halogenated alkanes) is 2. The number of amides is 2. The van der Waals surface area contributed by atoms with E-state index in [1.165, 1.54) is 12.8 Å². The van der Waals surface area contributed by atoms with E-state index in [0.717, 1.165) is 24.9 Å². The van der Waals surface area contributed by atoms with Gasteiger partial charge in [-0.25, -0.2) is 0 Å². The van der Waals surface area contributed by atoms with Crippen LogP contribution in [0.15, 0.2) is 30.3 Å². The number of carbonyl (C=O) groups excluding carboxylic acids is 3. The lowest BCUT2D eigenvalue weighted by Gasteiger charge is -2.12. The predicted molar refractivity (Wildman–Crippen MR) is 165 cm³/mol. The van der Waals surface area contributed by atoms with Crippen molar-refractivity contribution in [1.29, 1.82) is 0 Å². The van der Waals surface area contributed by atoms with Gasteiger partial charge in [-0.2, -0.15) is 0 Å². The van der Waals surface area contributed by atoms with E-state index in [9.17, 15) is 14.4 Å². The number of ether oxygens (including phenoxy) is 5. The van der Waals surface area contributed by atoms with E-state index in [-0.39, 0.29) is 44.0 Å². The molecule has 0 fully saturated rings. The number of esters is 1. The maximum atomic E-state index is 11.8. The third kappa shape index (κ3) is 27.9. The Hall–Kier alpha value is -2.65. The SMILES string of the molecule is CCCCN.NCCCCC(N)C(=O)NCC(=O)NCCOCCOCCOCCOCCC(=O)OCc1ccccc1. The van der Waals surface area contributed by atoms with Gasteiger partial charge in [-0.15, -0.1) is 0 Å². The Morgan fingerprint density at radius 1 is 0.767 bits per heavy atom. The molecule has 13 heteroatoms. The van der Waals surface area contributed by atoms with Crippen LogP contribution in [0.4, 0.5) is 0 Å². The molecule has 1 aromatic carbocycles. The van der Waals surface area contributed by atoms with E-state index >= 15 is 0 Å². The zero-order valence-corrected chi connectivity index (χ0v) is 25.9.